The van der Waals surface area contributed by atoms with Gasteiger partial charge in [0.1, 0.15) is 0 Å². The Hall–Kier alpha value is -0.910. The third kappa shape index (κ3) is 3.87. The maximum absolute atomic E-state index is 10.8. The Bertz CT molecular complexity index is 384. The molecule has 0 atom stereocenters. The summed E-state index contributed by atoms with van der Waals surface area (Å²) in [5, 5.41) is 4.92. The molecule has 0 aromatic heterocycles. The smallest absolute Gasteiger partial charge is 0.213 e. The van der Waals surface area contributed by atoms with E-state index >= 15 is 0 Å². The summed E-state index contributed by atoms with van der Waals surface area (Å²) < 4.78 is 21.5. The Balaban J connectivity index is 2.74. The summed E-state index contributed by atoms with van der Waals surface area (Å²) in [5.41, 5.74) is 7.19. The molecule has 1 rings (SSSR count). The summed E-state index contributed by atoms with van der Waals surface area (Å²) >= 11 is 0. The number of primary sulfonamides is 1. The van der Waals surface area contributed by atoms with E-state index in [9.17, 15) is 8.42 Å². The van der Waals surface area contributed by atoms with Gasteiger partial charge in [-0.2, -0.15) is 0 Å². The summed E-state index contributed by atoms with van der Waals surface area (Å²) in [6.07, 6.45) is 0.801. The lowest BCUT2D eigenvalue weighted by Gasteiger charge is -2.01. The molecule has 0 aliphatic carbocycles. The molecule has 5 heteroatoms. The van der Waals surface area contributed by atoms with Gasteiger partial charge in [0.15, 0.2) is 0 Å². The van der Waals surface area contributed by atoms with E-state index in [0.717, 1.165) is 12.0 Å². The molecule has 14 heavy (non-hydrogen) atoms. The monoisotopic (exact) mass is 214 g/mol. The van der Waals surface area contributed by atoms with Crippen molar-refractivity contribution in [2.24, 2.45) is 10.9 Å². The fourth-order valence-electron chi connectivity index (χ4n) is 1.20. The van der Waals surface area contributed by atoms with E-state index in [1.54, 1.807) is 12.1 Å². The molecule has 0 spiro atoms. The van der Waals surface area contributed by atoms with Gasteiger partial charge in [0.05, 0.1) is 5.75 Å². The van der Waals surface area contributed by atoms with Gasteiger partial charge in [-0.1, -0.05) is 24.3 Å². The van der Waals surface area contributed by atoms with Crippen LogP contribution in [-0.4, -0.2) is 15.0 Å². The average Bonchev–Trinajstić information content (AvgIpc) is 2.06. The lowest BCUT2D eigenvalue weighted by molar-refractivity contribution is 0.597. The second-order valence-electron chi connectivity index (χ2n) is 3.16. The second kappa shape index (κ2) is 4.54. The van der Waals surface area contributed by atoms with Gasteiger partial charge < -0.3 is 5.73 Å². The summed E-state index contributed by atoms with van der Waals surface area (Å²) in [6, 6.07) is 7.26. The molecule has 78 valence electrons. The van der Waals surface area contributed by atoms with E-state index < -0.39 is 10.0 Å². The highest BCUT2D eigenvalue weighted by molar-refractivity contribution is 7.88. The molecule has 0 saturated heterocycles. The van der Waals surface area contributed by atoms with Crippen molar-refractivity contribution in [3.63, 3.8) is 0 Å². The van der Waals surface area contributed by atoms with Gasteiger partial charge in [-0.05, 0) is 24.1 Å². The normalized spacial score (nSPS) is 11.6. The molecule has 0 fully saturated rings. The zero-order valence-electron chi connectivity index (χ0n) is 7.81. The summed E-state index contributed by atoms with van der Waals surface area (Å²) in [7, 11) is -3.43. The molecule has 0 unspecified atom stereocenters. The van der Waals surface area contributed by atoms with E-state index in [1.807, 2.05) is 12.1 Å². The number of benzene rings is 1. The molecule has 1 aromatic carbocycles. The van der Waals surface area contributed by atoms with Gasteiger partial charge in [0, 0.05) is 0 Å². The molecular formula is C9H14N2O2S. The molecule has 1 aromatic rings. The number of rotatable bonds is 4. The molecule has 0 saturated carbocycles. The van der Waals surface area contributed by atoms with Crippen LogP contribution in [-0.2, 0) is 22.2 Å². The largest absolute Gasteiger partial charge is 0.330 e. The third-order valence-corrected chi connectivity index (χ3v) is 2.56. The van der Waals surface area contributed by atoms with E-state index in [0.29, 0.717) is 12.1 Å². The zero-order valence-corrected chi connectivity index (χ0v) is 8.63. The minimum atomic E-state index is -3.43. The first kappa shape index (κ1) is 11.2. The molecule has 0 aliphatic rings. The van der Waals surface area contributed by atoms with Crippen LogP contribution in [0.2, 0.25) is 0 Å². The predicted octanol–water partition coefficient (Wildman–Crippen LogP) is -0.0237. The van der Waals surface area contributed by atoms with Crippen LogP contribution < -0.4 is 10.9 Å². The van der Waals surface area contributed by atoms with Crippen LogP contribution in [0.5, 0.6) is 0 Å². The van der Waals surface area contributed by atoms with Gasteiger partial charge >= 0.3 is 0 Å². The first-order chi connectivity index (χ1) is 6.51. The first-order valence-electron chi connectivity index (χ1n) is 4.29. The topological polar surface area (TPSA) is 86.2 Å². The van der Waals surface area contributed by atoms with Crippen LogP contribution in [0.15, 0.2) is 24.3 Å². The second-order valence-corrected chi connectivity index (χ2v) is 4.78. The molecule has 0 radical (unpaired) electrons. The highest BCUT2D eigenvalue weighted by atomic mass is 32.2. The van der Waals surface area contributed by atoms with Crippen LogP contribution in [0.4, 0.5) is 0 Å². The van der Waals surface area contributed by atoms with Crippen molar-refractivity contribution in [3.05, 3.63) is 35.4 Å². The molecule has 0 bridgehead atoms. The molecular weight excluding hydrogens is 200 g/mol. The van der Waals surface area contributed by atoms with E-state index in [1.165, 1.54) is 0 Å². The van der Waals surface area contributed by atoms with Crippen molar-refractivity contribution in [3.8, 4) is 0 Å². The van der Waals surface area contributed by atoms with Crippen molar-refractivity contribution in [1.82, 2.24) is 0 Å². The number of hydrogen-bond acceptors (Lipinski definition) is 3. The molecule has 4 nitrogen and oxygen atoms in total. The van der Waals surface area contributed by atoms with Crippen LogP contribution in [0, 0.1) is 0 Å². The molecule has 0 aliphatic heterocycles. The van der Waals surface area contributed by atoms with Gasteiger partial charge in [0.2, 0.25) is 10.0 Å². The highest BCUT2D eigenvalue weighted by Gasteiger charge is 2.04. The summed E-state index contributed by atoms with van der Waals surface area (Å²) in [5.74, 6) is -0.115. The van der Waals surface area contributed by atoms with Crippen LogP contribution in [0.3, 0.4) is 0 Å². The zero-order chi connectivity index (χ0) is 10.6. The van der Waals surface area contributed by atoms with Crippen molar-refractivity contribution in [1.29, 1.82) is 0 Å². The Labute approximate surface area is 84.0 Å². The van der Waals surface area contributed by atoms with Gasteiger partial charge in [-0.15, -0.1) is 0 Å². The van der Waals surface area contributed by atoms with Crippen molar-refractivity contribution >= 4 is 10.0 Å². The fraction of sp³-hybridized carbons (Fsp3) is 0.333. The third-order valence-electron chi connectivity index (χ3n) is 1.82. The number of sulfonamides is 1. The molecule has 0 heterocycles. The standard InChI is InChI=1S/C9H14N2O2S/c10-6-5-8-1-3-9(4-2-8)7-14(11,12)13/h1-4H,5-7,10H2,(H2,11,12,13). The SMILES string of the molecule is NCCc1ccc(CS(N)(=O)=O)cc1. The van der Waals surface area contributed by atoms with Gasteiger partial charge in [-0.25, -0.2) is 13.6 Å². The predicted molar refractivity (Wildman–Crippen MR) is 56.0 cm³/mol. The Morgan fingerprint density at radius 1 is 1.07 bits per heavy atom. The van der Waals surface area contributed by atoms with Crippen molar-refractivity contribution < 1.29 is 8.42 Å². The number of nitrogens with two attached hydrogens (primary N) is 2. The Kier molecular flexibility index (Phi) is 3.62. The maximum Gasteiger partial charge on any atom is 0.213 e. The Morgan fingerprint density at radius 2 is 1.57 bits per heavy atom. The van der Waals surface area contributed by atoms with Gasteiger partial charge in [-0.3, -0.25) is 0 Å². The quantitative estimate of drug-likeness (QED) is 0.738. The summed E-state index contributed by atoms with van der Waals surface area (Å²) in [4.78, 5) is 0. The minimum Gasteiger partial charge on any atom is -0.330 e. The maximum atomic E-state index is 10.8. The van der Waals surface area contributed by atoms with E-state index in [2.05, 4.69) is 0 Å². The van der Waals surface area contributed by atoms with E-state index in [4.69, 9.17) is 10.9 Å². The van der Waals surface area contributed by atoms with Crippen LogP contribution in [0.1, 0.15) is 11.1 Å². The van der Waals surface area contributed by atoms with E-state index in [-0.39, 0.29) is 5.75 Å². The molecule has 4 N–H and O–H groups in total. The molecule has 0 amide bonds. The van der Waals surface area contributed by atoms with Crippen LogP contribution in [0.25, 0.3) is 0 Å². The summed E-state index contributed by atoms with van der Waals surface area (Å²) in [6.45, 7) is 0.592. The first-order valence-corrected chi connectivity index (χ1v) is 6.01. The fourth-order valence-corrected chi connectivity index (χ4v) is 1.86. The highest BCUT2D eigenvalue weighted by Crippen LogP contribution is 2.06. The van der Waals surface area contributed by atoms with Gasteiger partial charge in [0.25, 0.3) is 0 Å². The lowest BCUT2D eigenvalue weighted by Crippen LogP contribution is -2.14. The lowest BCUT2D eigenvalue weighted by atomic mass is 10.1. The minimum absolute atomic E-state index is 0.115. The van der Waals surface area contributed by atoms with Crippen LogP contribution >= 0.6 is 0 Å². The number of hydrogen-bond donors (Lipinski definition) is 2. The Morgan fingerprint density at radius 3 is 2.00 bits per heavy atom. The van der Waals surface area contributed by atoms with Crippen molar-refractivity contribution in [2.45, 2.75) is 12.2 Å². The van der Waals surface area contributed by atoms with Crippen molar-refractivity contribution in [2.75, 3.05) is 6.54 Å². The average molecular weight is 214 g/mol.